The molecular formula is C19H23N7O. The Balaban J connectivity index is 1.47. The summed E-state index contributed by atoms with van der Waals surface area (Å²) in [6.07, 6.45) is 2.78. The first-order chi connectivity index (χ1) is 13.2. The molecule has 1 aromatic carbocycles. The molecule has 3 aromatic rings. The molecule has 0 radical (unpaired) electrons. The first-order valence-electron chi connectivity index (χ1n) is 8.75. The van der Waals surface area contributed by atoms with Crippen LogP contribution >= 0.6 is 0 Å². The maximum absolute atomic E-state index is 11.0. The van der Waals surface area contributed by atoms with Gasteiger partial charge in [-0.3, -0.25) is 14.2 Å². The standard InChI is InChI=1S/C19H23N7O/c1-14(27)23-16-8-6-15(7-9-16)10-11-21-19(20-2)22-13-18-25-24-17-5-3-4-12-26(17)18/h3-9,12H,10-11,13H2,1-2H3,(H,23,27)(H2,20,21,22). The lowest BCUT2D eigenvalue weighted by Crippen LogP contribution is -2.38. The fourth-order valence-electron chi connectivity index (χ4n) is 2.68. The van der Waals surface area contributed by atoms with Crippen molar-refractivity contribution in [2.45, 2.75) is 19.9 Å². The number of hydrogen-bond acceptors (Lipinski definition) is 4. The number of anilines is 1. The van der Waals surface area contributed by atoms with E-state index in [4.69, 9.17) is 0 Å². The third-order valence-electron chi connectivity index (χ3n) is 4.00. The first-order valence-corrected chi connectivity index (χ1v) is 8.75. The lowest BCUT2D eigenvalue weighted by atomic mass is 10.1. The van der Waals surface area contributed by atoms with Crippen molar-refractivity contribution in [3.63, 3.8) is 0 Å². The van der Waals surface area contributed by atoms with Gasteiger partial charge in [0.15, 0.2) is 17.4 Å². The molecule has 8 heteroatoms. The van der Waals surface area contributed by atoms with Gasteiger partial charge in [0, 0.05) is 32.4 Å². The van der Waals surface area contributed by atoms with Crippen molar-refractivity contribution < 1.29 is 4.79 Å². The number of rotatable bonds is 6. The van der Waals surface area contributed by atoms with Crippen LogP contribution < -0.4 is 16.0 Å². The highest BCUT2D eigenvalue weighted by molar-refractivity contribution is 5.88. The molecule has 2 heterocycles. The fourth-order valence-corrected chi connectivity index (χ4v) is 2.68. The molecule has 3 N–H and O–H groups in total. The second kappa shape index (κ2) is 8.79. The number of hydrogen-bond donors (Lipinski definition) is 3. The number of aromatic nitrogens is 3. The van der Waals surface area contributed by atoms with Gasteiger partial charge < -0.3 is 16.0 Å². The van der Waals surface area contributed by atoms with Gasteiger partial charge in [0.05, 0.1) is 6.54 Å². The zero-order chi connectivity index (χ0) is 19.1. The monoisotopic (exact) mass is 365 g/mol. The summed E-state index contributed by atoms with van der Waals surface area (Å²) < 4.78 is 1.94. The number of aliphatic imine (C=N–C) groups is 1. The SMILES string of the molecule is CN=C(NCCc1ccc(NC(C)=O)cc1)NCc1nnc2ccccn12. The molecule has 0 aliphatic carbocycles. The minimum Gasteiger partial charge on any atom is -0.356 e. The Bertz CT molecular complexity index is 931. The average Bonchev–Trinajstić information content (AvgIpc) is 3.08. The van der Waals surface area contributed by atoms with Crippen LogP contribution in [0.1, 0.15) is 18.3 Å². The Kier molecular flexibility index (Phi) is 5.98. The Morgan fingerprint density at radius 3 is 2.67 bits per heavy atom. The molecule has 2 aromatic heterocycles. The summed E-state index contributed by atoms with van der Waals surface area (Å²) in [5, 5.41) is 17.6. The largest absolute Gasteiger partial charge is 0.356 e. The maximum Gasteiger partial charge on any atom is 0.221 e. The van der Waals surface area contributed by atoms with Crippen molar-refractivity contribution in [1.82, 2.24) is 25.2 Å². The molecule has 140 valence electrons. The van der Waals surface area contributed by atoms with Crippen LogP contribution in [0.15, 0.2) is 53.7 Å². The molecule has 0 aliphatic heterocycles. The average molecular weight is 365 g/mol. The zero-order valence-electron chi connectivity index (χ0n) is 15.4. The van der Waals surface area contributed by atoms with E-state index >= 15 is 0 Å². The Labute approximate surface area is 157 Å². The molecule has 3 rings (SSSR count). The summed E-state index contributed by atoms with van der Waals surface area (Å²) in [5.41, 5.74) is 2.80. The van der Waals surface area contributed by atoms with E-state index in [9.17, 15) is 4.79 Å². The van der Waals surface area contributed by atoms with E-state index in [0.717, 1.165) is 30.1 Å². The van der Waals surface area contributed by atoms with Crippen molar-refractivity contribution >= 4 is 23.2 Å². The highest BCUT2D eigenvalue weighted by atomic mass is 16.1. The summed E-state index contributed by atoms with van der Waals surface area (Å²) in [5.74, 6) is 1.46. The molecule has 0 spiro atoms. The van der Waals surface area contributed by atoms with E-state index < -0.39 is 0 Å². The molecule has 0 unspecified atom stereocenters. The molecule has 0 atom stereocenters. The minimum absolute atomic E-state index is 0.0697. The highest BCUT2D eigenvalue weighted by Gasteiger charge is 2.05. The van der Waals surface area contributed by atoms with E-state index in [2.05, 4.69) is 31.1 Å². The van der Waals surface area contributed by atoms with Gasteiger partial charge in [-0.25, -0.2) is 0 Å². The van der Waals surface area contributed by atoms with Gasteiger partial charge >= 0.3 is 0 Å². The third kappa shape index (κ3) is 5.04. The van der Waals surface area contributed by atoms with Gasteiger partial charge in [-0.2, -0.15) is 0 Å². The van der Waals surface area contributed by atoms with E-state index in [-0.39, 0.29) is 5.91 Å². The smallest absolute Gasteiger partial charge is 0.221 e. The van der Waals surface area contributed by atoms with Crippen LogP contribution in [0.25, 0.3) is 5.65 Å². The number of benzene rings is 1. The quantitative estimate of drug-likeness (QED) is 0.455. The third-order valence-corrected chi connectivity index (χ3v) is 4.00. The lowest BCUT2D eigenvalue weighted by molar-refractivity contribution is -0.114. The van der Waals surface area contributed by atoms with E-state index in [1.54, 1.807) is 7.05 Å². The molecule has 0 aliphatic rings. The Morgan fingerprint density at radius 2 is 1.93 bits per heavy atom. The van der Waals surface area contributed by atoms with Gasteiger partial charge in [0.25, 0.3) is 0 Å². The molecule has 1 amide bonds. The van der Waals surface area contributed by atoms with Gasteiger partial charge in [0.2, 0.25) is 5.91 Å². The van der Waals surface area contributed by atoms with E-state index in [0.29, 0.717) is 12.5 Å². The highest BCUT2D eigenvalue weighted by Crippen LogP contribution is 2.09. The summed E-state index contributed by atoms with van der Waals surface area (Å²) in [7, 11) is 1.74. The lowest BCUT2D eigenvalue weighted by Gasteiger charge is -2.11. The zero-order valence-corrected chi connectivity index (χ0v) is 15.4. The van der Waals surface area contributed by atoms with Crippen molar-refractivity contribution in [3.05, 3.63) is 60.0 Å². The second-order valence-corrected chi connectivity index (χ2v) is 6.03. The van der Waals surface area contributed by atoms with Gasteiger partial charge in [-0.15, -0.1) is 10.2 Å². The summed E-state index contributed by atoms with van der Waals surface area (Å²) in [4.78, 5) is 15.3. The molecular weight excluding hydrogens is 342 g/mol. The maximum atomic E-state index is 11.0. The van der Waals surface area contributed by atoms with Crippen LogP contribution in [-0.2, 0) is 17.8 Å². The van der Waals surface area contributed by atoms with Crippen molar-refractivity contribution in [3.8, 4) is 0 Å². The van der Waals surface area contributed by atoms with Crippen molar-refractivity contribution in [2.75, 3.05) is 18.9 Å². The molecule has 0 saturated carbocycles. The number of amides is 1. The molecule has 0 bridgehead atoms. The molecule has 0 fully saturated rings. The number of nitrogens with zero attached hydrogens (tertiary/aromatic N) is 4. The number of carbonyl (C=O) groups excluding carboxylic acids is 1. The van der Waals surface area contributed by atoms with Gasteiger partial charge in [-0.1, -0.05) is 18.2 Å². The fraction of sp³-hybridized carbons (Fsp3) is 0.263. The van der Waals surface area contributed by atoms with Crippen LogP contribution in [0, 0.1) is 0 Å². The predicted molar refractivity (Wildman–Crippen MR) is 106 cm³/mol. The first kappa shape index (κ1) is 18.4. The van der Waals surface area contributed by atoms with Crippen LogP contribution in [0.3, 0.4) is 0 Å². The normalized spacial score (nSPS) is 11.4. The van der Waals surface area contributed by atoms with Gasteiger partial charge in [0.1, 0.15) is 0 Å². The number of nitrogens with one attached hydrogen (secondary N) is 3. The number of fused-ring (bicyclic) bond motifs is 1. The van der Waals surface area contributed by atoms with E-state index in [1.807, 2.05) is 53.1 Å². The van der Waals surface area contributed by atoms with Crippen molar-refractivity contribution in [1.29, 1.82) is 0 Å². The van der Waals surface area contributed by atoms with Gasteiger partial charge in [-0.05, 0) is 36.2 Å². The van der Waals surface area contributed by atoms with E-state index in [1.165, 1.54) is 12.5 Å². The summed E-state index contributed by atoms with van der Waals surface area (Å²) in [6, 6.07) is 13.6. The van der Waals surface area contributed by atoms with Crippen molar-refractivity contribution in [2.24, 2.45) is 4.99 Å². The number of pyridine rings is 1. The van der Waals surface area contributed by atoms with Crippen LogP contribution in [0.2, 0.25) is 0 Å². The Morgan fingerprint density at radius 1 is 1.11 bits per heavy atom. The minimum atomic E-state index is -0.0697. The second-order valence-electron chi connectivity index (χ2n) is 6.03. The van der Waals surface area contributed by atoms with Crippen LogP contribution in [0.4, 0.5) is 5.69 Å². The molecule has 27 heavy (non-hydrogen) atoms. The summed E-state index contributed by atoms with van der Waals surface area (Å²) in [6.45, 7) is 2.76. The predicted octanol–water partition coefficient (Wildman–Crippen LogP) is 1.60. The molecule has 8 nitrogen and oxygen atoms in total. The topological polar surface area (TPSA) is 95.7 Å². The Hall–Kier alpha value is -3.42. The summed E-state index contributed by atoms with van der Waals surface area (Å²) >= 11 is 0. The number of guanidine groups is 1. The molecule has 0 saturated heterocycles. The van der Waals surface area contributed by atoms with Crippen LogP contribution in [-0.4, -0.2) is 40.1 Å². The number of carbonyl (C=O) groups is 1. The van der Waals surface area contributed by atoms with Crippen LogP contribution in [0.5, 0.6) is 0 Å².